The van der Waals surface area contributed by atoms with Crippen LogP contribution in [0.4, 0.5) is 11.5 Å². The zero-order chi connectivity index (χ0) is 29.6. The van der Waals surface area contributed by atoms with E-state index < -0.39 is 0 Å². The van der Waals surface area contributed by atoms with Crippen LogP contribution in [0.3, 0.4) is 0 Å². The summed E-state index contributed by atoms with van der Waals surface area (Å²) in [6.45, 7) is 12.0. The summed E-state index contributed by atoms with van der Waals surface area (Å²) in [6.07, 6.45) is 5.05. The first kappa shape index (κ1) is 30.9. The molecular weight excluding hydrogens is 659 g/mol. The summed E-state index contributed by atoms with van der Waals surface area (Å²) in [6, 6.07) is 15.5. The Bertz CT molecular complexity index is 1400. The van der Waals surface area contributed by atoms with Gasteiger partial charge in [-0.3, -0.25) is 4.79 Å². The Morgan fingerprint density at radius 3 is 2.62 bits per heavy atom. The fourth-order valence-corrected chi connectivity index (χ4v) is 8.01. The topological polar surface area (TPSA) is 65.0 Å². The van der Waals surface area contributed by atoms with E-state index in [4.69, 9.17) is 14.7 Å². The van der Waals surface area contributed by atoms with E-state index in [0.717, 1.165) is 36.3 Å². The molecule has 0 N–H and O–H groups in total. The van der Waals surface area contributed by atoms with Crippen LogP contribution in [0.5, 0.6) is 6.01 Å². The fourth-order valence-electron chi connectivity index (χ4n) is 6.20. The van der Waals surface area contributed by atoms with Crippen LogP contribution in [-0.2, 0) is 17.8 Å². The van der Waals surface area contributed by atoms with Gasteiger partial charge in [0, 0.05) is 60.7 Å². The number of aromatic nitrogens is 2. The number of ether oxygens (including phenoxy) is 1. The molecule has 3 aromatic rings. The number of rotatable bonds is 5. The molecule has 0 aliphatic carbocycles. The number of hydrogen-bond donors (Lipinski definition) is 0. The maximum absolute atomic E-state index is 12.1. The van der Waals surface area contributed by atoms with Crippen molar-refractivity contribution < 1.29 is 9.53 Å². The minimum atomic E-state index is -0.0190. The number of anilines is 2. The number of nitrogens with zero attached hydrogens (tertiary/aromatic N) is 6. The number of methoxy groups -OCH3 is 1. The molecule has 8 nitrogen and oxygen atoms in total. The summed E-state index contributed by atoms with van der Waals surface area (Å²) in [5.74, 6) is 0.919. The quantitative estimate of drug-likeness (QED) is 0.253. The molecular formula is C32H41IN6O2S. The van der Waals surface area contributed by atoms with Crippen molar-refractivity contribution >= 4 is 58.3 Å². The zero-order valence-corrected chi connectivity index (χ0v) is 27.8. The summed E-state index contributed by atoms with van der Waals surface area (Å²) >= 11 is 2.41. The van der Waals surface area contributed by atoms with Crippen LogP contribution in [0.1, 0.15) is 31.0 Å². The largest absolute Gasteiger partial charge is 0.467 e. The van der Waals surface area contributed by atoms with Gasteiger partial charge in [-0.2, -0.15) is 9.97 Å². The molecule has 1 aromatic heterocycles. The molecule has 2 aromatic carbocycles. The highest BCUT2D eigenvalue weighted by Gasteiger charge is 2.32. The molecule has 2 atom stereocenters. The number of amides is 1. The molecule has 0 bridgehead atoms. The summed E-state index contributed by atoms with van der Waals surface area (Å²) in [5, 5.41) is 3.38. The van der Waals surface area contributed by atoms with Crippen molar-refractivity contribution in [3.8, 4) is 6.01 Å². The monoisotopic (exact) mass is 700 g/mol. The van der Waals surface area contributed by atoms with Crippen LogP contribution < -0.4 is 14.5 Å². The smallest absolute Gasteiger partial charge is 0.318 e. The van der Waals surface area contributed by atoms with Crippen LogP contribution in [0, 0.1) is 0 Å². The van der Waals surface area contributed by atoms with Crippen molar-refractivity contribution in [2.24, 2.45) is 0 Å². The number of fused-ring (bicyclic) bond motifs is 2. The average Bonchev–Trinajstić information content (AvgIpc) is 3.03. The van der Waals surface area contributed by atoms with Gasteiger partial charge in [0.25, 0.3) is 0 Å². The van der Waals surface area contributed by atoms with Crippen LogP contribution in [0.25, 0.3) is 10.8 Å². The highest BCUT2D eigenvalue weighted by Crippen LogP contribution is 2.35. The standard InChI is InChI=1S/C26H29N5O2.C6H12INS/c1-4-24(32)30-14-15-31(18(2)16-30)25-21-12-13-29(17-22(21)27-26(28-25)33-3)23-11-7-9-19-8-5-6-10-20(19)23;1-8-4-2-3-6(5-8)9-7/h4-11,18H,1,12-17H2,2-3H3;6H,2-5H2,1H3. The maximum Gasteiger partial charge on any atom is 0.318 e. The number of piperidine rings is 1. The molecule has 42 heavy (non-hydrogen) atoms. The Morgan fingerprint density at radius 2 is 1.90 bits per heavy atom. The SMILES string of the molecule is C=CC(=O)N1CCN(c2nc(OC)nc3c2CCN(c2cccc4ccccc24)C3)C(C)C1.CN1CCCC(SI)C1. The minimum absolute atomic E-state index is 0.0190. The molecule has 0 saturated carbocycles. The van der Waals surface area contributed by atoms with Gasteiger partial charge in [-0.25, -0.2) is 0 Å². The summed E-state index contributed by atoms with van der Waals surface area (Å²) in [5.41, 5.74) is 3.42. The minimum Gasteiger partial charge on any atom is -0.467 e. The predicted molar refractivity (Wildman–Crippen MR) is 183 cm³/mol. The number of hydrogen-bond acceptors (Lipinski definition) is 8. The molecule has 3 aliphatic heterocycles. The Morgan fingerprint density at radius 1 is 1.10 bits per heavy atom. The van der Waals surface area contributed by atoms with E-state index in [2.05, 4.69) is 98.9 Å². The molecule has 3 aliphatic rings. The Kier molecular flexibility index (Phi) is 10.5. The number of likely N-dealkylation sites (tertiary alicyclic amines) is 1. The van der Waals surface area contributed by atoms with Gasteiger partial charge in [0.15, 0.2) is 0 Å². The summed E-state index contributed by atoms with van der Waals surface area (Å²) in [7, 11) is 5.80. The number of halogens is 1. The van der Waals surface area contributed by atoms with Crippen molar-refractivity contribution in [3.63, 3.8) is 0 Å². The lowest BCUT2D eigenvalue weighted by Crippen LogP contribution is -2.54. The van der Waals surface area contributed by atoms with Gasteiger partial charge in [0.2, 0.25) is 5.91 Å². The molecule has 2 unspecified atom stereocenters. The van der Waals surface area contributed by atoms with Crippen molar-refractivity contribution in [2.45, 2.75) is 44.0 Å². The molecule has 2 fully saturated rings. The van der Waals surface area contributed by atoms with Crippen molar-refractivity contribution in [2.75, 3.05) is 63.2 Å². The van der Waals surface area contributed by atoms with Crippen LogP contribution in [-0.4, -0.2) is 90.4 Å². The highest BCUT2D eigenvalue weighted by molar-refractivity contribution is 14.2. The molecule has 6 rings (SSSR count). The number of carbonyl (C=O) groups excluding carboxylic acids is 1. The Balaban J connectivity index is 0.000000336. The third-order valence-corrected chi connectivity index (χ3v) is 11.2. The Labute approximate surface area is 266 Å². The average molecular weight is 701 g/mol. The van der Waals surface area contributed by atoms with E-state index in [9.17, 15) is 4.79 Å². The summed E-state index contributed by atoms with van der Waals surface area (Å²) in [4.78, 5) is 30.6. The molecule has 0 radical (unpaired) electrons. The highest BCUT2D eigenvalue weighted by atomic mass is 127. The lowest BCUT2D eigenvalue weighted by Gasteiger charge is -2.42. The third-order valence-electron chi connectivity index (χ3n) is 8.41. The normalized spacial score (nSPS) is 20.9. The number of carbonyl (C=O) groups is 1. The molecule has 4 heterocycles. The van der Waals surface area contributed by atoms with E-state index >= 15 is 0 Å². The third kappa shape index (κ3) is 6.97. The summed E-state index contributed by atoms with van der Waals surface area (Å²) < 4.78 is 5.49. The second kappa shape index (κ2) is 14.3. The van der Waals surface area contributed by atoms with Gasteiger partial charge in [-0.05, 0) is 78.5 Å². The van der Waals surface area contributed by atoms with Crippen LogP contribution >= 0.6 is 30.1 Å². The van der Waals surface area contributed by atoms with Gasteiger partial charge >= 0.3 is 6.01 Å². The van der Waals surface area contributed by atoms with E-state index in [1.165, 1.54) is 54.0 Å². The lowest BCUT2D eigenvalue weighted by atomic mass is 10.0. The van der Waals surface area contributed by atoms with Crippen LogP contribution in [0.15, 0.2) is 55.1 Å². The van der Waals surface area contributed by atoms with E-state index in [-0.39, 0.29) is 11.9 Å². The lowest BCUT2D eigenvalue weighted by molar-refractivity contribution is -0.126. The first-order valence-electron chi connectivity index (χ1n) is 14.7. The van der Waals surface area contributed by atoms with E-state index in [0.29, 0.717) is 25.6 Å². The van der Waals surface area contributed by atoms with E-state index in [1.807, 2.05) is 13.8 Å². The number of benzene rings is 2. The van der Waals surface area contributed by atoms with Gasteiger partial charge in [-0.15, -0.1) is 0 Å². The molecule has 2 saturated heterocycles. The molecule has 10 heteroatoms. The molecule has 224 valence electrons. The fraction of sp³-hybridized carbons (Fsp3) is 0.469. The number of piperazine rings is 1. The van der Waals surface area contributed by atoms with Gasteiger partial charge in [-0.1, -0.05) is 51.9 Å². The van der Waals surface area contributed by atoms with E-state index in [1.54, 1.807) is 7.11 Å². The van der Waals surface area contributed by atoms with Gasteiger partial charge in [0.05, 0.1) is 19.3 Å². The van der Waals surface area contributed by atoms with Crippen molar-refractivity contribution in [3.05, 3.63) is 66.4 Å². The first-order valence-corrected chi connectivity index (χ1v) is 18.1. The van der Waals surface area contributed by atoms with Gasteiger partial charge < -0.3 is 24.3 Å². The second-order valence-corrected chi connectivity index (χ2v) is 13.6. The first-order chi connectivity index (χ1) is 20.4. The second-order valence-electron chi connectivity index (χ2n) is 11.3. The Hall–Kier alpha value is -2.57. The van der Waals surface area contributed by atoms with Crippen LogP contribution in [0.2, 0.25) is 0 Å². The van der Waals surface area contributed by atoms with Crippen molar-refractivity contribution in [1.29, 1.82) is 0 Å². The van der Waals surface area contributed by atoms with Crippen molar-refractivity contribution in [1.82, 2.24) is 19.8 Å². The zero-order valence-electron chi connectivity index (χ0n) is 24.8. The molecule has 1 amide bonds. The maximum atomic E-state index is 12.1. The predicted octanol–water partition coefficient (Wildman–Crippen LogP) is 5.59. The van der Waals surface area contributed by atoms with Gasteiger partial charge in [0.1, 0.15) is 5.82 Å². The molecule has 0 spiro atoms.